The summed E-state index contributed by atoms with van der Waals surface area (Å²) < 4.78 is 10.7. The molecule has 3 heteroatoms. The van der Waals surface area contributed by atoms with Crippen molar-refractivity contribution >= 4 is 10.9 Å². The minimum atomic E-state index is 0.694. The van der Waals surface area contributed by atoms with Crippen LogP contribution in [0.1, 0.15) is 5.56 Å². The van der Waals surface area contributed by atoms with Crippen molar-refractivity contribution in [3.63, 3.8) is 0 Å². The number of benzene rings is 2. The van der Waals surface area contributed by atoms with Gasteiger partial charge in [0.15, 0.2) is 11.5 Å². The average molecular weight is 279 g/mol. The number of aryl methyl sites for hydroxylation is 1. The molecule has 0 radical (unpaired) electrons. The van der Waals surface area contributed by atoms with Gasteiger partial charge in [0.2, 0.25) is 0 Å². The van der Waals surface area contributed by atoms with E-state index in [4.69, 9.17) is 14.5 Å². The largest absolute Gasteiger partial charge is 0.493 e. The Hall–Kier alpha value is -2.55. The molecule has 0 saturated carbocycles. The van der Waals surface area contributed by atoms with Crippen LogP contribution in [0.2, 0.25) is 0 Å². The average Bonchev–Trinajstić information content (AvgIpc) is 2.53. The number of aromatic nitrogens is 1. The summed E-state index contributed by atoms with van der Waals surface area (Å²) in [5.41, 5.74) is 4.22. The molecule has 2 aromatic carbocycles. The van der Waals surface area contributed by atoms with Gasteiger partial charge in [-0.25, -0.2) is 4.98 Å². The molecular formula is C18H17NO2. The van der Waals surface area contributed by atoms with Gasteiger partial charge in [-0.2, -0.15) is 0 Å². The number of rotatable bonds is 3. The molecule has 0 aliphatic carbocycles. The minimum absolute atomic E-state index is 0.694. The third-order valence-electron chi connectivity index (χ3n) is 3.62. The lowest BCUT2D eigenvalue weighted by Gasteiger charge is -2.10. The van der Waals surface area contributed by atoms with Crippen molar-refractivity contribution in [2.24, 2.45) is 0 Å². The Balaban J connectivity index is 2.18. The Bertz CT molecular complexity index is 796. The molecule has 0 saturated heterocycles. The molecule has 0 unspecified atom stereocenters. The van der Waals surface area contributed by atoms with E-state index in [2.05, 4.69) is 25.1 Å². The zero-order valence-corrected chi connectivity index (χ0v) is 12.4. The van der Waals surface area contributed by atoms with Gasteiger partial charge in [-0.3, -0.25) is 0 Å². The normalized spacial score (nSPS) is 10.6. The highest BCUT2D eigenvalue weighted by atomic mass is 16.5. The Morgan fingerprint density at radius 3 is 2.29 bits per heavy atom. The van der Waals surface area contributed by atoms with E-state index < -0.39 is 0 Å². The van der Waals surface area contributed by atoms with Gasteiger partial charge in [0.05, 0.1) is 25.4 Å². The van der Waals surface area contributed by atoms with Crippen molar-refractivity contribution < 1.29 is 9.47 Å². The van der Waals surface area contributed by atoms with E-state index in [0.717, 1.165) is 27.9 Å². The molecule has 0 fully saturated rings. The molecule has 0 bridgehead atoms. The first-order valence-corrected chi connectivity index (χ1v) is 6.81. The van der Waals surface area contributed by atoms with Gasteiger partial charge in [0, 0.05) is 17.0 Å². The van der Waals surface area contributed by atoms with Gasteiger partial charge in [-0.1, -0.05) is 30.3 Å². The van der Waals surface area contributed by atoms with Gasteiger partial charge < -0.3 is 9.47 Å². The molecule has 0 N–H and O–H groups in total. The van der Waals surface area contributed by atoms with E-state index in [1.807, 2.05) is 30.3 Å². The van der Waals surface area contributed by atoms with Crippen LogP contribution in [0.3, 0.4) is 0 Å². The van der Waals surface area contributed by atoms with E-state index in [1.54, 1.807) is 14.2 Å². The van der Waals surface area contributed by atoms with Crippen LogP contribution in [-0.2, 0) is 0 Å². The number of hydrogen-bond acceptors (Lipinski definition) is 3. The van der Waals surface area contributed by atoms with E-state index in [0.29, 0.717) is 5.75 Å². The molecule has 21 heavy (non-hydrogen) atoms. The smallest absolute Gasteiger partial charge is 0.162 e. The van der Waals surface area contributed by atoms with Crippen molar-refractivity contribution in [1.29, 1.82) is 0 Å². The molecule has 1 aromatic heterocycles. The van der Waals surface area contributed by atoms with E-state index in [9.17, 15) is 0 Å². The van der Waals surface area contributed by atoms with Crippen molar-refractivity contribution in [2.45, 2.75) is 6.92 Å². The van der Waals surface area contributed by atoms with Crippen LogP contribution in [0.15, 0.2) is 48.5 Å². The molecule has 106 valence electrons. The number of pyridine rings is 1. The first kappa shape index (κ1) is 13.4. The van der Waals surface area contributed by atoms with Crippen molar-refractivity contribution in [3.8, 4) is 22.8 Å². The Morgan fingerprint density at radius 1 is 0.857 bits per heavy atom. The summed E-state index contributed by atoms with van der Waals surface area (Å²) in [4.78, 5) is 4.75. The van der Waals surface area contributed by atoms with Crippen LogP contribution in [0, 0.1) is 6.92 Å². The Kier molecular flexibility index (Phi) is 3.48. The molecule has 3 rings (SSSR count). The maximum atomic E-state index is 5.35. The predicted molar refractivity (Wildman–Crippen MR) is 85.0 cm³/mol. The summed E-state index contributed by atoms with van der Waals surface area (Å²) in [5, 5.41) is 1.03. The maximum absolute atomic E-state index is 5.35. The van der Waals surface area contributed by atoms with Crippen molar-refractivity contribution in [3.05, 3.63) is 54.1 Å². The number of nitrogens with zero attached hydrogens (tertiary/aromatic N) is 1. The lowest BCUT2D eigenvalue weighted by molar-refractivity contribution is 0.356. The number of methoxy groups -OCH3 is 2. The van der Waals surface area contributed by atoms with Gasteiger partial charge in [0.1, 0.15) is 0 Å². The van der Waals surface area contributed by atoms with Crippen molar-refractivity contribution in [2.75, 3.05) is 14.2 Å². The molecule has 3 nitrogen and oxygen atoms in total. The zero-order chi connectivity index (χ0) is 14.8. The van der Waals surface area contributed by atoms with E-state index >= 15 is 0 Å². The van der Waals surface area contributed by atoms with E-state index in [1.165, 1.54) is 5.56 Å². The standard InChI is InChI=1S/C18H17NO2/c1-12-6-4-5-7-14(12)15-9-8-13-10-17(20-2)18(21-3)11-16(13)19-15/h4-11H,1-3H3. The van der Waals surface area contributed by atoms with Crippen molar-refractivity contribution in [1.82, 2.24) is 4.98 Å². The highest BCUT2D eigenvalue weighted by molar-refractivity contribution is 5.85. The third kappa shape index (κ3) is 2.42. The molecule has 0 aliphatic rings. The fourth-order valence-electron chi connectivity index (χ4n) is 2.46. The summed E-state index contributed by atoms with van der Waals surface area (Å²) in [6.45, 7) is 2.09. The minimum Gasteiger partial charge on any atom is -0.493 e. The number of hydrogen-bond donors (Lipinski definition) is 0. The fraction of sp³-hybridized carbons (Fsp3) is 0.167. The molecule has 1 heterocycles. The Labute approximate surface area is 124 Å². The topological polar surface area (TPSA) is 31.4 Å². The summed E-state index contributed by atoms with van der Waals surface area (Å²) in [6, 6.07) is 16.2. The van der Waals surface area contributed by atoms with Crippen LogP contribution < -0.4 is 9.47 Å². The monoisotopic (exact) mass is 279 g/mol. The van der Waals surface area contributed by atoms with Crippen LogP contribution in [0.4, 0.5) is 0 Å². The summed E-state index contributed by atoms with van der Waals surface area (Å²) in [5.74, 6) is 1.41. The van der Waals surface area contributed by atoms with Crippen LogP contribution in [0.5, 0.6) is 11.5 Å². The van der Waals surface area contributed by atoms with E-state index in [-0.39, 0.29) is 0 Å². The molecule has 0 atom stereocenters. The molecule has 0 aliphatic heterocycles. The number of fused-ring (bicyclic) bond motifs is 1. The summed E-state index contributed by atoms with van der Waals surface area (Å²) in [6.07, 6.45) is 0. The van der Waals surface area contributed by atoms with Crippen LogP contribution in [0.25, 0.3) is 22.2 Å². The third-order valence-corrected chi connectivity index (χ3v) is 3.62. The predicted octanol–water partition coefficient (Wildman–Crippen LogP) is 4.23. The molecular weight excluding hydrogens is 262 g/mol. The Morgan fingerprint density at radius 2 is 1.57 bits per heavy atom. The maximum Gasteiger partial charge on any atom is 0.162 e. The zero-order valence-electron chi connectivity index (χ0n) is 12.4. The first-order valence-electron chi connectivity index (χ1n) is 6.81. The molecule has 3 aromatic rings. The first-order chi connectivity index (χ1) is 10.2. The van der Waals surface area contributed by atoms with Crippen LogP contribution in [-0.4, -0.2) is 19.2 Å². The second-order valence-electron chi connectivity index (χ2n) is 4.91. The van der Waals surface area contributed by atoms with Gasteiger partial charge >= 0.3 is 0 Å². The van der Waals surface area contributed by atoms with Crippen LogP contribution >= 0.6 is 0 Å². The van der Waals surface area contributed by atoms with Gasteiger partial charge in [-0.05, 0) is 24.6 Å². The van der Waals surface area contributed by atoms with Gasteiger partial charge in [-0.15, -0.1) is 0 Å². The second kappa shape index (κ2) is 5.44. The summed E-state index contributed by atoms with van der Waals surface area (Å²) in [7, 11) is 3.27. The SMILES string of the molecule is COc1cc2ccc(-c3ccccc3C)nc2cc1OC. The number of ether oxygens (including phenoxy) is 2. The second-order valence-corrected chi connectivity index (χ2v) is 4.91. The van der Waals surface area contributed by atoms with Gasteiger partial charge in [0.25, 0.3) is 0 Å². The quantitative estimate of drug-likeness (QED) is 0.719. The molecule has 0 spiro atoms. The molecule has 0 amide bonds. The lowest BCUT2D eigenvalue weighted by Crippen LogP contribution is -1.93. The highest BCUT2D eigenvalue weighted by Crippen LogP contribution is 2.32. The highest BCUT2D eigenvalue weighted by Gasteiger charge is 2.09. The lowest BCUT2D eigenvalue weighted by atomic mass is 10.0. The summed E-state index contributed by atoms with van der Waals surface area (Å²) >= 11 is 0. The fourth-order valence-corrected chi connectivity index (χ4v) is 2.46.